The zero-order valence-corrected chi connectivity index (χ0v) is 15.2. The molecule has 1 aromatic heterocycles. The van der Waals surface area contributed by atoms with Gasteiger partial charge in [-0.3, -0.25) is 4.79 Å². The molecule has 5 nitrogen and oxygen atoms in total. The van der Waals surface area contributed by atoms with Crippen molar-refractivity contribution >= 4 is 27.9 Å². The summed E-state index contributed by atoms with van der Waals surface area (Å²) < 4.78 is 6.19. The Morgan fingerprint density at radius 3 is 2.76 bits per heavy atom. The van der Waals surface area contributed by atoms with Gasteiger partial charge in [-0.05, 0) is 23.8 Å². The average molecular weight is 398 g/mol. The van der Waals surface area contributed by atoms with Crippen LogP contribution in [0.3, 0.4) is 0 Å². The minimum absolute atomic E-state index is 0.133. The molecule has 0 bridgehead atoms. The highest BCUT2D eigenvalue weighted by Gasteiger charge is 2.13. The first-order valence-corrected chi connectivity index (χ1v) is 8.48. The van der Waals surface area contributed by atoms with E-state index in [9.17, 15) is 4.79 Å². The number of carbonyl (C=O) groups excluding carboxylic acids is 1. The summed E-state index contributed by atoms with van der Waals surface area (Å²) in [7, 11) is 1.70. The Hall–Kier alpha value is -2.73. The monoisotopic (exact) mass is 397 g/mol. The average Bonchev–Trinajstić information content (AvgIpc) is 3.09. The van der Waals surface area contributed by atoms with Gasteiger partial charge in [0.05, 0.1) is 6.54 Å². The Kier molecular flexibility index (Phi) is 5.40. The topological polar surface area (TPSA) is 59.2 Å². The van der Waals surface area contributed by atoms with Crippen molar-refractivity contribution in [3.8, 4) is 11.4 Å². The summed E-state index contributed by atoms with van der Waals surface area (Å²) in [4.78, 5) is 18.1. The maximum Gasteiger partial charge on any atom is 0.246 e. The van der Waals surface area contributed by atoms with Gasteiger partial charge in [-0.25, -0.2) is 0 Å². The summed E-state index contributed by atoms with van der Waals surface area (Å²) in [5.41, 5.74) is 1.82. The maximum atomic E-state index is 12.2. The van der Waals surface area contributed by atoms with Gasteiger partial charge in [-0.2, -0.15) is 4.98 Å². The van der Waals surface area contributed by atoms with Crippen LogP contribution in [0.25, 0.3) is 17.5 Å². The molecule has 0 atom stereocenters. The fraction of sp³-hybridized carbons (Fsp3) is 0.105. The van der Waals surface area contributed by atoms with Crippen molar-refractivity contribution in [1.82, 2.24) is 15.0 Å². The van der Waals surface area contributed by atoms with Crippen LogP contribution in [0, 0.1) is 0 Å². The number of benzene rings is 2. The molecule has 2 aromatic carbocycles. The molecular formula is C19H16BrN3O2. The molecule has 1 heterocycles. The molecule has 0 spiro atoms. The number of hydrogen-bond donors (Lipinski definition) is 0. The lowest BCUT2D eigenvalue weighted by atomic mass is 10.2. The van der Waals surface area contributed by atoms with E-state index < -0.39 is 0 Å². The number of nitrogens with zero attached hydrogens (tertiary/aromatic N) is 3. The molecule has 6 heteroatoms. The van der Waals surface area contributed by atoms with Crippen LogP contribution in [-0.2, 0) is 11.3 Å². The van der Waals surface area contributed by atoms with Gasteiger partial charge in [0.25, 0.3) is 0 Å². The molecule has 25 heavy (non-hydrogen) atoms. The van der Waals surface area contributed by atoms with Gasteiger partial charge in [-0.15, -0.1) is 0 Å². The number of amides is 1. The first kappa shape index (κ1) is 17.1. The summed E-state index contributed by atoms with van der Waals surface area (Å²) in [5, 5.41) is 3.97. The lowest BCUT2D eigenvalue weighted by Gasteiger charge is -2.11. The lowest BCUT2D eigenvalue weighted by molar-refractivity contribution is -0.125. The van der Waals surface area contributed by atoms with Gasteiger partial charge in [0.1, 0.15) is 0 Å². The molecule has 126 valence electrons. The number of aromatic nitrogens is 2. The second-order valence-electron chi connectivity index (χ2n) is 5.46. The predicted octanol–water partition coefficient (Wildman–Crippen LogP) is 4.17. The predicted molar refractivity (Wildman–Crippen MR) is 99.4 cm³/mol. The van der Waals surface area contributed by atoms with E-state index in [2.05, 4.69) is 26.1 Å². The summed E-state index contributed by atoms with van der Waals surface area (Å²) in [6.07, 6.45) is 3.31. The smallest absolute Gasteiger partial charge is 0.246 e. The first-order valence-electron chi connectivity index (χ1n) is 7.68. The van der Waals surface area contributed by atoms with E-state index in [4.69, 9.17) is 4.52 Å². The SMILES string of the molecule is CN(Cc1nc(-c2cccc(Br)c2)no1)C(=O)/C=C/c1ccccc1. The van der Waals surface area contributed by atoms with Gasteiger partial charge in [0.2, 0.25) is 17.6 Å². The summed E-state index contributed by atoms with van der Waals surface area (Å²) >= 11 is 3.42. The van der Waals surface area contributed by atoms with E-state index in [1.54, 1.807) is 13.1 Å². The number of hydrogen-bond acceptors (Lipinski definition) is 4. The van der Waals surface area contributed by atoms with Gasteiger partial charge in [0.15, 0.2) is 0 Å². The van der Waals surface area contributed by atoms with E-state index in [-0.39, 0.29) is 12.5 Å². The number of halogens is 1. The Labute approximate surface area is 154 Å². The summed E-state index contributed by atoms with van der Waals surface area (Å²) in [5.74, 6) is 0.752. The van der Waals surface area contributed by atoms with Crippen molar-refractivity contribution in [3.63, 3.8) is 0 Å². The molecule has 0 aliphatic carbocycles. The molecular weight excluding hydrogens is 382 g/mol. The maximum absolute atomic E-state index is 12.2. The number of rotatable bonds is 5. The van der Waals surface area contributed by atoms with Crippen LogP contribution in [0.15, 0.2) is 69.7 Å². The van der Waals surface area contributed by atoms with Crippen molar-refractivity contribution in [3.05, 3.63) is 76.6 Å². The van der Waals surface area contributed by atoms with Crippen LogP contribution >= 0.6 is 15.9 Å². The number of likely N-dealkylation sites (N-methyl/N-ethyl adjacent to an activating group) is 1. The third kappa shape index (κ3) is 4.64. The van der Waals surface area contributed by atoms with Crippen molar-refractivity contribution in [1.29, 1.82) is 0 Å². The molecule has 3 aromatic rings. The third-order valence-corrected chi connectivity index (χ3v) is 4.01. The Bertz CT molecular complexity index is 890. The van der Waals surface area contributed by atoms with Crippen LogP contribution in [0.5, 0.6) is 0 Å². The normalized spacial score (nSPS) is 11.0. The highest BCUT2D eigenvalue weighted by Crippen LogP contribution is 2.20. The lowest BCUT2D eigenvalue weighted by Crippen LogP contribution is -2.24. The molecule has 0 radical (unpaired) electrons. The fourth-order valence-corrected chi connectivity index (χ4v) is 2.60. The van der Waals surface area contributed by atoms with Crippen molar-refractivity contribution in [2.45, 2.75) is 6.54 Å². The minimum atomic E-state index is -0.133. The van der Waals surface area contributed by atoms with Crippen LogP contribution in [0.2, 0.25) is 0 Å². The fourth-order valence-electron chi connectivity index (χ4n) is 2.20. The second kappa shape index (κ2) is 7.90. The summed E-state index contributed by atoms with van der Waals surface area (Å²) in [6, 6.07) is 17.3. The molecule has 3 rings (SSSR count). The molecule has 0 fully saturated rings. The molecule has 0 N–H and O–H groups in total. The molecule has 0 aliphatic rings. The largest absolute Gasteiger partial charge is 0.337 e. The highest BCUT2D eigenvalue weighted by molar-refractivity contribution is 9.10. The molecule has 1 amide bonds. The van der Waals surface area contributed by atoms with Crippen LogP contribution < -0.4 is 0 Å². The standard InChI is InChI=1S/C19H16BrN3O2/c1-23(18(24)11-10-14-6-3-2-4-7-14)13-17-21-19(22-25-17)15-8-5-9-16(20)12-15/h2-12H,13H2,1H3/b11-10+. The Balaban J connectivity index is 1.64. The van der Waals surface area contributed by atoms with Gasteiger partial charge in [0, 0.05) is 23.2 Å². The van der Waals surface area contributed by atoms with Crippen LogP contribution in [0.4, 0.5) is 0 Å². The highest BCUT2D eigenvalue weighted by atomic mass is 79.9. The zero-order valence-electron chi connectivity index (χ0n) is 13.6. The quantitative estimate of drug-likeness (QED) is 0.606. The minimum Gasteiger partial charge on any atom is -0.337 e. The van der Waals surface area contributed by atoms with E-state index in [1.807, 2.05) is 54.6 Å². The van der Waals surface area contributed by atoms with Gasteiger partial charge < -0.3 is 9.42 Å². The Morgan fingerprint density at radius 2 is 2.00 bits per heavy atom. The summed E-state index contributed by atoms with van der Waals surface area (Å²) in [6.45, 7) is 0.249. The van der Waals surface area contributed by atoms with Crippen molar-refractivity contribution < 1.29 is 9.32 Å². The van der Waals surface area contributed by atoms with E-state index in [1.165, 1.54) is 11.0 Å². The molecule has 0 unspecified atom stereocenters. The molecule has 0 saturated heterocycles. The van der Waals surface area contributed by atoms with Crippen LogP contribution in [-0.4, -0.2) is 28.0 Å². The zero-order chi connectivity index (χ0) is 17.6. The first-order chi connectivity index (χ1) is 12.1. The second-order valence-corrected chi connectivity index (χ2v) is 6.38. The Morgan fingerprint density at radius 1 is 1.20 bits per heavy atom. The van der Waals surface area contributed by atoms with Crippen LogP contribution in [0.1, 0.15) is 11.5 Å². The van der Waals surface area contributed by atoms with Crippen molar-refractivity contribution in [2.75, 3.05) is 7.05 Å². The van der Waals surface area contributed by atoms with Gasteiger partial charge in [-0.1, -0.05) is 63.6 Å². The molecule has 0 aliphatic heterocycles. The number of carbonyl (C=O) groups is 1. The molecule has 0 saturated carbocycles. The van der Waals surface area contributed by atoms with Gasteiger partial charge >= 0.3 is 0 Å². The van der Waals surface area contributed by atoms with E-state index in [0.717, 1.165) is 15.6 Å². The van der Waals surface area contributed by atoms with E-state index in [0.29, 0.717) is 11.7 Å². The third-order valence-electron chi connectivity index (χ3n) is 3.52. The van der Waals surface area contributed by atoms with Crippen molar-refractivity contribution in [2.24, 2.45) is 0 Å². The van der Waals surface area contributed by atoms with E-state index >= 15 is 0 Å².